The highest BCUT2D eigenvalue weighted by Crippen LogP contribution is 2.19. The zero-order chi connectivity index (χ0) is 15.5. The van der Waals surface area contributed by atoms with E-state index in [4.69, 9.17) is 0 Å². The molecule has 0 radical (unpaired) electrons. The normalized spacial score (nSPS) is 18.7. The molecule has 0 saturated carbocycles. The lowest BCUT2D eigenvalue weighted by Crippen LogP contribution is -2.48. The minimum atomic E-state index is 0.0780. The van der Waals surface area contributed by atoms with Crippen LogP contribution in [0, 0.1) is 0 Å². The van der Waals surface area contributed by atoms with Gasteiger partial charge < -0.3 is 14.7 Å². The van der Waals surface area contributed by atoms with Crippen molar-refractivity contribution in [2.45, 2.75) is 19.8 Å². The van der Waals surface area contributed by atoms with Crippen LogP contribution in [0.25, 0.3) is 0 Å². The van der Waals surface area contributed by atoms with Crippen molar-refractivity contribution >= 4 is 17.5 Å². The van der Waals surface area contributed by atoms with Crippen molar-refractivity contribution in [3.8, 4) is 0 Å². The summed E-state index contributed by atoms with van der Waals surface area (Å²) in [7, 11) is 0. The quantitative estimate of drug-likeness (QED) is 0.817. The maximum atomic E-state index is 12.4. The maximum Gasteiger partial charge on any atom is 0.255 e. The molecule has 6 nitrogen and oxygen atoms in total. The molecular formula is C16H22N4O2. The van der Waals surface area contributed by atoms with Gasteiger partial charge in [0.2, 0.25) is 5.91 Å². The summed E-state index contributed by atoms with van der Waals surface area (Å²) < 4.78 is 0. The van der Waals surface area contributed by atoms with Crippen LogP contribution in [0.1, 0.15) is 30.1 Å². The molecule has 2 saturated heterocycles. The third-order valence-corrected chi connectivity index (χ3v) is 4.45. The standard InChI is InChI=1S/C16H22N4O2/c1-13(21)18-6-8-19(9-7-18)15-10-14(11-17-12-15)16(22)20-4-2-3-5-20/h10-12H,2-9H2,1H3. The van der Waals surface area contributed by atoms with Crippen molar-refractivity contribution in [3.05, 3.63) is 24.0 Å². The summed E-state index contributed by atoms with van der Waals surface area (Å²) in [6, 6.07) is 1.93. The van der Waals surface area contributed by atoms with Gasteiger partial charge in [-0.25, -0.2) is 0 Å². The molecule has 2 amide bonds. The Bertz CT molecular complexity index is 561. The second-order valence-corrected chi connectivity index (χ2v) is 5.92. The monoisotopic (exact) mass is 302 g/mol. The molecule has 0 aliphatic carbocycles. The van der Waals surface area contributed by atoms with E-state index in [1.165, 1.54) is 0 Å². The zero-order valence-corrected chi connectivity index (χ0v) is 13.0. The number of nitrogens with zero attached hydrogens (tertiary/aromatic N) is 4. The largest absolute Gasteiger partial charge is 0.367 e. The summed E-state index contributed by atoms with van der Waals surface area (Å²) in [6.45, 7) is 6.30. The molecule has 3 heterocycles. The molecule has 0 bridgehead atoms. The van der Waals surface area contributed by atoms with Crippen LogP contribution in [0.5, 0.6) is 0 Å². The molecule has 0 atom stereocenters. The number of likely N-dealkylation sites (tertiary alicyclic amines) is 1. The van der Waals surface area contributed by atoms with E-state index in [1.807, 2.05) is 15.9 Å². The van der Waals surface area contributed by atoms with Crippen molar-refractivity contribution in [3.63, 3.8) is 0 Å². The van der Waals surface area contributed by atoms with E-state index in [0.717, 1.165) is 57.8 Å². The van der Waals surface area contributed by atoms with Crippen LogP contribution in [0.15, 0.2) is 18.5 Å². The third-order valence-electron chi connectivity index (χ3n) is 4.45. The second-order valence-electron chi connectivity index (χ2n) is 5.92. The zero-order valence-electron chi connectivity index (χ0n) is 13.0. The number of hydrogen-bond donors (Lipinski definition) is 0. The number of amides is 2. The van der Waals surface area contributed by atoms with Gasteiger partial charge in [-0.2, -0.15) is 0 Å². The molecule has 2 fully saturated rings. The highest BCUT2D eigenvalue weighted by atomic mass is 16.2. The first kappa shape index (κ1) is 14.8. The molecule has 0 unspecified atom stereocenters. The molecule has 1 aromatic rings. The maximum absolute atomic E-state index is 12.4. The first-order valence-corrected chi connectivity index (χ1v) is 7.90. The summed E-state index contributed by atoms with van der Waals surface area (Å²) in [4.78, 5) is 34.0. The van der Waals surface area contributed by atoms with Crippen LogP contribution in [0.4, 0.5) is 5.69 Å². The van der Waals surface area contributed by atoms with Crippen molar-refractivity contribution in [2.24, 2.45) is 0 Å². The van der Waals surface area contributed by atoms with Crippen LogP contribution in [-0.4, -0.2) is 65.9 Å². The highest BCUT2D eigenvalue weighted by Gasteiger charge is 2.22. The van der Waals surface area contributed by atoms with Gasteiger partial charge in [0.15, 0.2) is 0 Å². The van der Waals surface area contributed by atoms with Crippen molar-refractivity contribution in [1.82, 2.24) is 14.8 Å². The Morgan fingerprint density at radius 1 is 0.955 bits per heavy atom. The van der Waals surface area contributed by atoms with Gasteiger partial charge >= 0.3 is 0 Å². The SMILES string of the molecule is CC(=O)N1CCN(c2cncc(C(=O)N3CCCC3)c2)CC1. The second kappa shape index (κ2) is 6.34. The molecular weight excluding hydrogens is 280 g/mol. The molecule has 6 heteroatoms. The molecule has 2 aliphatic heterocycles. The number of rotatable bonds is 2. The lowest BCUT2D eigenvalue weighted by atomic mass is 10.2. The van der Waals surface area contributed by atoms with Crippen molar-refractivity contribution in [1.29, 1.82) is 0 Å². The predicted octanol–water partition coefficient (Wildman–Crippen LogP) is 0.986. The summed E-state index contributed by atoms with van der Waals surface area (Å²) in [5.41, 5.74) is 1.63. The van der Waals surface area contributed by atoms with Gasteiger partial charge in [0.25, 0.3) is 5.91 Å². The topological polar surface area (TPSA) is 56.8 Å². The van der Waals surface area contributed by atoms with Gasteiger partial charge in [0.1, 0.15) is 0 Å². The number of piperazine rings is 1. The minimum absolute atomic E-state index is 0.0780. The fourth-order valence-electron chi connectivity index (χ4n) is 3.10. The average molecular weight is 302 g/mol. The Labute approximate surface area is 130 Å². The number of anilines is 1. The third kappa shape index (κ3) is 3.05. The Hall–Kier alpha value is -2.11. The van der Waals surface area contributed by atoms with Gasteiger partial charge in [-0.15, -0.1) is 0 Å². The lowest BCUT2D eigenvalue weighted by Gasteiger charge is -2.35. The summed E-state index contributed by atoms with van der Waals surface area (Å²) >= 11 is 0. The summed E-state index contributed by atoms with van der Waals surface area (Å²) in [6.07, 6.45) is 5.62. The molecule has 3 rings (SSSR count). The molecule has 0 aromatic carbocycles. The molecule has 0 N–H and O–H groups in total. The lowest BCUT2D eigenvalue weighted by molar-refractivity contribution is -0.129. The summed E-state index contributed by atoms with van der Waals surface area (Å²) in [5.74, 6) is 0.199. The Balaban J connectivity index is 1.69. The fourth-order valence-corrected chi connectivity index (χ4v) is 3.10. The van der Waals surface area contributed by atoms with Crippen LogP contribution >= 0.6 is 0 Å². The van der Waals surface area contributed by atoms with Crippen molar-refractivity contribution in [2.75, 3.05) is 44.2 Å². The van der Waals surface area contributed by atoms with Gasteiger partial charge in [-0.05, 0) is 18.9 Å². The van der Waals surface area contributed by atoms with Gasteiger partial charge in [-0.1, -0.05) is 0 Å². The molecule has 1 aromatic heterocycles. The Morgan fingerprint density at radius 3 is 2.27 bits per heavy atom. The molecule has 22 heavy (non-hydrogen) atoms. The van der Waals surface area contributed by atoms with E-state index in [2.05, 4.69) is 9.88 Å². The minimum Gasteiger partial charge on any atom is -0.367 e. The highest BCUT2D eigenvalue weighted by molar-refractivity contribution is 5.95. The smallest absolute Gasteiger partial charge is 0.255 e. The molecule has 118 valence electrons. The first-order valence-electron chi connectivity index (χ1n) is 7.90. The fraction of sp³-hybridized carbons (Fsp3) is 0.562. The number of carbonyl (C=O) groups is 2. The number of carbonyl (C=O) groups excluding carboxylic acids is 2. The number of aromatic nitrogens is 1. The van der Waals surface area contributed by atoms with Crippen molar-refractivity contribution < 1.29 is 9.59 Å². The van der Waals surface area contributed by atoms with E-state index >= 15 is 0 Å². The van der Waals surface area contributed by atoms with Crippen LogP contribution in [0.3, 0.4) is 0 Å². The average Bonchev–Trinajstić information content (AvgIpc) is 3.09. The van der Waals surface area contributed by atoms with Crippen LogP contribution < -0.4 is 4.90 Å². The Morgan fingerprint density at radius 2 is 1.64 bits per heavy atom. The van der Waals surface area contributed by atoms with E-state index in [-0.39, 0.29) is 11.8 Å². The van der Waals surface area contributed by atoms with E-state index in [9.17, 15) is 9.59 Å². The van der Waals surface area contributed by atoms with E-state index in [0.29, 0.717) is 5.56 Å². The number of pyridine rings is 1. The van der Waals surface area contributed by atoms with Gasteiger partial charge in [-0.3, -0.25) is 14.6 Å². The van der Waals surface area contributed by atoms with E-state index in [1.54, 1.807) is 19.3 Å². The first-order chi connectivity index (χ1) is 10.6. The summed E-state index contributed by atoms with van der Waals surface area (Å²) in [5, 5.41) is 0. The Kier molecular flexibility index (Phi) is 4.27. The van der Waals surface area contributed by atoms with Crippen LogP contribution in [-0.2, 0) is 4.79 Å². The predicted molar refractivity (Wildman–Crippen MR) is 83.8 cm³/mol. The molecule has 0 spiro atoms. The van der Waals surface area contributed by atoms with Crippen LogP contribution in [0.2, 0.25) is 0 Å². The van der Waals surface area contributed by atoms with Gasteiger partial charge in [0, 0.05) is 52.4 Å². The van der Waals surface area contributed by atoms with E-state index < -0.39 is 0 Å². The van der Waals surface area contributed by atoms with Gasteiger partial charge in [0.05, 0.1) is 17.4 Å². The number of hydrogen-bond acceptors (Lipinski definition) is 4. The molecule has 2 aliphatic rings.